The Morgan fingerprint density at radius 3 is 1.23 bits per heavy atom. The molecule has 0 saturated heterocycles. The molecule has 0 radical (unpaired) electrons. The normalized spacial score (nSPS) is 14.0. The summed E-state index contributed by atoms with van der Waals surface area (Å²) in [6.45, 7) is 9.50. The van der Waals surface area contributed by atoms with Gasteiger partial charge in [0.05, 0.1) is 0 Å². The second-order valence-corrected chi connectivity index (χ2v) is 24.2. The Kier molecular flexibility index (Phi) is 9.35. The zero-order valence-electron chi connectivity index (χ0n) is 39.6. The van der Waals surface area contributed by atoms with Crippen molar-refractivity contribution >= 4 is 50.4 Å². The minimum absolute atomic E-state index is 0.0687. The molecule has 0 unspecified atom stereocenters. The summed E-state index contributed by atoms with van der Waals surface area (Å²) >= 11 is 0. The van der Waals surface area contributed by atoms with Crippen molar-refractivity contribution < 1.29 is 0 Å². The van der Waals surface area contributed by atoms with Crippen molar-refractivity contribution in [3.8, 4) is 55.6 Å². The molecule has 2 aliphatic carbocycles. The Balaban J connectivity index is 1.05. The minimum Gasteiger partial charge on any atom is -0.0623 e. The number of fused-ring (bicyclic) bond motifs is 8. The first-order valence-corrected chi connectivity index (χ1v) is 26.5. The molecule has 0 saturated carbocycles. The van der Waals surface area contributed by atoms with Crippen LogP contribution < -0.4 is 20.7 Å². The molecule has 0 spiro atoms. The van der Waals surface area contributed by atoms with E-state index >= 15 is 0 Å². The Morgan fingerprint density at radius 1 is 0.246 bits per heavy atom. The van der Waals surface area contributed by atoms with Crippen LogP contribution in [0.4, 0.5) is 0 Å². The van der Waals surface area contributed by atoms with Gasteiger partial charge in [0.2, 0.25) is 0 Å². The lowest BCUT2D eigenvalue weighted by Crippen LogP contribution is -2.74. The number of rotatable bonds is 7. The van der Waals surface area contributed by atoms with Crippen molar-refractivity contribution in [2.45, 2.75) is 38.5 Å². The van der Waals surface area contributed by atoms with Gasteiger partial charge in [-0.25, -0.2) is 0 Å². The van der Waals surface area contributed by atoms with Gasteiger partial charge in [-0.3, -0.25) is 0 Å². The lowest BCUT2D eigenvalue weighted by molar-refractivity contribution is 0.660. The molecule has 0 fully saturated rings. The fraction of sp³-hybridized carbons (Fsp3) is 0.0882. The molecule has 0 nitrogen and oxygen atoms in total. The van der Waals surface area contributed by atoms with E-state index < -0.39 is 8.07 Å². The van der Waals surface area contributed by atoms with Gasteiger partial charge in [-0.1, -0.05) is 252 Å². The average molecular weight is 897 g/mol. The van der Waals surface area contributed by atoms with Crippen LogP contribution in [0.5, 0.6) is 0 Å². The van der Waals surface area contributed by atoms with Gasteiger partial charge in [0.15, 0.2) is 8.07 Å². The third kappa shape index (κ3) is 6.13. The van der Waals surface area contributed by atoms with Gasteiger partial charge in [0.25, 0.3) is 0 Å². The standard InChI is InChI=1S/C68H52Si/c1-67(2)62-31-19-17-27-54(62)59-43-48(36-41-63(59)67)66-57-29-15-14-28-56(57)65(58-40-35-46(42-60(58)66)47-34-39-55-53-26-16-18-30-61(53)68(3,4)64(55)44-47)45-32-37-52(38-33-45)69(49-20-8-5-9-21-49,50-22-10-6-11-23-50)51-24-12-7-13-25-51/h5-44H,1-4H3. The monoisotopic (exact) mass is 896 g/mol. The zero-order valence-corrected chi connectivity index (χ0v) is 40.6. The maximum absolute atomic E-state index is 2.71. The highest BCUT2D eigenvalue weighted by Gasteiger charge is 2.42. The molecule has 11 aromatic rings. The van der Waals surface area contributed by atoms with Crippen LogP contribution in [0.2, 0.25) is 0 Å². The van der Waals surface area contributed by atoms with Crippen molar-refractivity contribution in [2.75, 3.05) is 0 Å². The lowest BCUT2D eigenvalue weighted by Gasteiger charge is -2.34. The van der Waals surface area contributed by atoms with Gasteiger partial charge in [0.1, 0.15) is 0 Å². The van der Waals surface area contributed by atoms with Crippen molar-refractivity contribution in [2.24, 2.45) is 0 Å². The fourth-order valence-corrected chi connectivity index (χ4v) is 17.4. The summed E-state index contributed by atoms with van der Waals surface area (Å²) in [6, 6.07) is 92.2. The molecular formula is C68H52Si. The van der Waals surface area contributed by atoms with Crippen LogP contribution in [0.25, 0.3) is 77.2 Å². The number of hydrogen-bond acceptors (Lipinski definition) is 0. The number of benzene rings is 11. The predicted molar refractivity (Wildman–Crippen MR) is 297 cm³/mol. The molecule has 1 heteroatoms. The second-order valence-electron chi connectivity index (χ2n) is 20.3. The molecule has 0 N–H and O–H groups in total. The maximum Gasteiger partial charge on any atom is 0.179 e. The third-order valence-corrected chi connectivity index (χ3v) is 20.8. The van der Waals surface area contributed by atoms with Crippen molar-refractivity contribution in [1.82, 2.24) is 0 Å². The molecule has 0 aliphatic heterocycles. The molecule has 0 aromatic heterocycles. The summed E-state index contributed by atoms with van der Waals surface area (Å²) in [6.07, 6.45) is 0. The Morgan fingerprint density at radius 2 is 0.638 bits per heavy atom. The fourth-order valence-electron chi connectivity index (χ4n) is 12.7. The van der Waals surface area contributed by atoms with Crippen LogP contribution in [0.3, 0.4) is 0 Å². The van der Waals surface area contributed by atoms with Gasteiger partial charge in [-0.15, -0.1) is 0 Å². The average Bonchev–Trinajstić information content (AvgIpc) is 3.78. The van der Waals surface area contributed by atoms with Crippen LogP contribution >= 0.6 is 0 Å². The van der Waals surface area contributed by atoms with Crippen molar-refractivity contribution in [3.05, 3.63) is 265 Å². The summed E-state index contributed by atoms with van der Waals surface area (Å²) in [7, 11) is -2.71. The smallest absolute Gasteiger partial charge is 0.0623 e. The molecule has 0 atom stereocenters. The first kappa shape index (κ1) is 41.4. The predicted octanol–water partition coefficient (Wildman–Crippen LogP) is 15.0. The highest BCUT2D eigenvalue weighted by Crippen LogP contribution is 2.53. The van der Waals surface area contributed by atoms with E-state index in [9.17, 15) is 0 Å². The molecule has 69 heavy (non-hydrogen) atoms. The Bertz CT molecular complexity index is 3710. The first-order chi connectivity index (χ1) is 33.7. The van der Waals surface area contributed by atoms with Crippen LogP contribution in [0, 0.1) is 0 Å². The van der Waals surface area contributed by atoms with Crippen LogP contribution in [0.1, 0.15) is 49.9 Å². The summed E-state index contributed by atoms with van der Waals surface area (Å²) in [5.74, 6) is 0. The van der Waals surface area contributed by atoms with E-state index in [2.05, 4.69) is 270 Å². The van der Waals surface area contributed by atoms with Crippen LogP contribution in [-0.4, -0.2) is 8.07 Å². The van der Waals surface area contributed by atoms with E-state index in [1.54, 1.807) is 0 Å². The van der Waals surface area contributed by atoms with E-state index in [1.165, 1.54) is 120 Å². The largest absolute Gasteiger partial charge is 0.179 e. The molecule has 0 amide bonds. The second kappa shape index (κ2) is 15.6. The van der Waals surface area contributed by atoms with Crippen LogP contribution in [-0.2, 0) is 10.8 Å². The number of hydrogen-bond donors (Lipinski definition) is 0. The quantitative estimate of drug-likeness (QED) is 0.0849. The Hall–Kier alpha value is -7.84. The molecule has 13 rings (SSSR count). The summed E-state index contributed by atoms with van der Waals surface area (Å²) < 4.78 is 0. The summed E-state index contributed by atoms with van der Waals surface area (Å²) in [4.78, 5) is 0. The van der Waals surface area contributed by atoms with Crippen LogP contribution in [0.15, 0.2) is 243 Å². The molecule has 328 valence electrons. The highest BCUT2D eigenvalue weighted by molar-refractivity contribution is 7.19. The highest BCUT2D eigenvalue weighted by atomic mass is 28.3. The first-order valence-electron chi connectivity index (χ1n) is 24.5. The van der Waals surface area contributed by atoms with Crippen molar-refractivity contribution in [3.63, 3.8) is 0 Å². The SMILES string of the molecule is CC1(C)c2ccccc2-c2cc(-c3c4ccccc4c(-c4ccc([Si](c5ccccc5)(c5ccccc5)c5ccccc5)cc4)c4ccc(-c5ccc6c(c5)C(C)(C)c5ccccc5-6)cc34)ccc21. The van der Waals surface area contributed by atoms with Gasteiger partial charge in [-0.2, -0.15) is 0 Å². The van der Waals surface area contributed by atoms with Gasteiger partial charge in [0, 0.05) is 10.8 Å². The van der Waals surface area contributed by atoms with Crippen molar-refractivity contribution in [1.29, 1.82) is 0 Å². The molecule has 2 aliphatic rings. The molecular weight excluding hydrogens is 845 g/mol. The van der Waals surface area contributed by atoms with E-state index in [0.717, 1.165) is 0 Å². The topological polar surface area (TPSA) is 0 Å². The summed E-state index contributed by atoms with van der Waals surface area (Å²) in [5, 5.41) is 10.5. The minimum atomic E-state index is -2.71. The third-order valence-electron chi connectivity index (χ3n) is 16.0. The summed E-state index contributed by atoms with van der Waals surface area (Å²) in [5.41, 5.74) is 18.3. The molecule has 0 heterocycles. The Labute approximate surface area is 407 Å². The van der Waals surface area contributed by atoms with E-state index in [1.807, 2.05) is 0 Å². The van der Waals surface area contributed by atoms with E-state index in [4.69, 9.17) is 0 Å². The molecule has 11 aromatic carbocycles. The lowest BCUT2D eigenvalue weighted by atomic mass is 9.80. The van der Waals surface area contributed by atoms with Gasteiger partial charge < -0.3 is 0 Å². The van der Waals surface area contributed by atoms with Gasteiger partial charge in [-0.05, 0) is 138 Å². The molecule has 0 bridgehead atoms. The van der Waals surface area contributed by atoms with Gasteiger partial charge >= 0.3 is 0 Å². The zero-order chi connectivity index (χ0) is 46.5. The maximum atomic E-state index is 2.50. The van der Waals surface area contributed by atoms with E-state index in [0.29, 0.717) is 0 Å². The van der Waals surface area contributed by atoms with E-state index in [-0.39, 0.29) is 10.8 Å².